The van der Waals surface area contributed by atoms with Crippen molar-refractivity contribution in [1.82, 2.24) is 14.1 Å². The molecule has 5 heteroatoms. The van der Waals surface area contributed by atoms with E-state index in [1.165, 1.54) is 5.56 Å². The first-order valence-electron chi connectivity index (χ1n) is 9.38. The van der Waals surface area contributed by atoms with Gasteiger partial charge in [0.25, 0.3) is 0 Å². The van der Waals surface area contributed by atoms with Crippen LogP contribution >= 0.6 is 0 Å². The van der Waals surface area contributed by atoms with Crippen LogP contribution in [-0.2, 0) is 18.9 Å². The lowest BCUT2D eigenvalue weighted by Gasteiger charge is -2.16. The molecule has 0 radical (unpaired) electrons. The molecule has 0 unspecified atom stereocenters. The molecule has 0 aliphatic heterocycles. The van der Waals surface area contributed by atoms with Gasteiger partial charge in [0.1, 0.15) is 0 Å². The standard InChI is InChI=1S/C23H22N4O/c1-5-15-6-11-19-18(12-15)21-20(13-25-19)26(4)22(28)27(21)17-9-7-16(8-10-17)23(2,3)14-24/h6-13H,5H2,1-4H3. The number of benzene rings is 2. The van der Waals surface area contributed by atoms with Crippen LogP contribution in [0.15, 0.2) is 53.5 Å². The molecule has 2 aromatic heterocycles. The van der Waals surface area contributed by atoms with Gasteiger partial charge in [0, 0.05) is 12.4 Å². The van der Waals surface area contributed by atoms with Crippen molar-refractivity contribution in [3.63, 3.8) is 0 Å². The molecule has 0 spiro atoms. The van der Waals surface area contributed by atoms with E-state index in [4.69, 9.17) is 0 Å². The van der Waals surface area contributed by atoms with Crippen molar-refractivity contribution in [2.45, 2.75) is 32.6 Å². The van der Waals surface area contributed by atoms with Crippen molar-refractivity contribution in [1.29, 1.82) is 5.26 Å². The number of nitriles is 1. The molecule has 0 saturated heterocycles. The van der Waals surface area contributed by atoms with E-state index in [-0.39, 0.29) is 5.69 Å². The fourth-order valence-electron chi connectivity index (χ4n) is 3.60. The maximum atomic E-state index is 13.1. The first kappa shape index (κ1) is 18.0. The van der Waals surface area contributed by atoms with Gasteiger partial charge in [0.05, 0.1) is 39.9 Å². The molecule has 2 aromatic carbocycles. The van der Waals surface area contributed by atoms with Crippen molar-refractivity contribution in [3.05, 3.63) is 70.3 Å². The molecular formula is C23H22N4O. The molecule has 0 aliphatic rings. The zero-order valence-electron chi connectivity index (χ0n) is 16.5. The first-order chi connectivity index (χ1) is 13.4. The Morgan fingerprint density at radius 3 is 2.50 bits per heavy atom. The number of rotatable bonds is 3. The second-order valence-corrected chi connectivity index (χ2v) is 7.66. The summed E-state index contributed by atoms with van der Waals surface area (Å²) in [6, 6.07) is 16.2. The van der Waals surface area contributed by atoms with E-state index >= 15 is 0 Å². The second-order valence-electron chi connectivity index (χ2n) is 7.66. The number of pyridine rings is 1. The van der Waals surface area contributed by atoms with Gasteiger partial charge in [-0.15, -0.1) is 0 Å². The van der Waals surface area contributed by atoms with Crippen molar-refractivity contribution >= 4 is 21.9 Å². The lowest BCUT2D eigenvalue weighted by molar-refractivity contribution is 0.686. The molecule has 140 valence electrons. The van der Waals surface area contributed by atoms with Crippen LogP contribution < -0.4 is 5.69 Å². The van der Waals surface area contributed by atoms with Crippen LogP contribution in [0.2, 0.25) is 0 Å². The quantitative estimate of drug-likeness (QED) is 0.542. The third-order valence-corrected chi connectivity index (χ3v) is 5.48. The van der Waals surface area contributed by atoms with Gasteiger partial charge >= 0.3 is 5.69 Å². The highest BCUT2D eigenvalue weighted by Crippen LogP contribution is 2.28. The molecule has 4 rings (SSSR count). The highest BCUT2D eigenvalue weighted by molar-refractivity contribution is 6.03. The zero-order valence-corrected chi connectivity index (χ0v) is 16.5. The average Bonchev–Trinajstić information content (AvgIpc) is 2.98. The van der Waals surface area contributed by atoms with Gasteiger partial charge in [-0.2, -0.15) is 5.26 Å². The van der Waals surface area contributed by atoms with Crippen LogP contribution in [0.3, 0.4) is 0 Å². The molecule has 4 aromatic rings. The minimum absolute atomic E-state index is 0.113. The SMILES string of the molecule is CCc1ccc2ncc3c(c2c1)n(-c1ccc(C(C)(C)C#N)cc1)c(=O)n3C. The number of nitrogens with zero attached hydrogens (tertiary/aromatic N) is 4. The summed E-state index contributed by atoms with van der Waals surface area (Å²) in [7, 11) is 1.77. The lowest BCUT2D eigenvalue weighted by Crippen LogP contribution is -2.21. The van der Waals surface area contributed by atoms with E-state index in [2.05, 4.69) is 30.1 Å². The van der Waals surface area contributed by atoms with E-state index < -0.39 is 5.41 Å². The Hall–Kier alpha value is -3.39. The van der Waals surface area contributed by atoms with Gasteiger partial charge in [-0.25, -0.2) is 4.79 Å². The normalized spacial score (nSPS) is 11.8. The summed E-state index contributed by atoms with van der Waals surface area (Å²) in [6.07, 6.45) is 2.68. The number of hydrogen-bond acceptors (Lipinski definition) is 3. The van der Waals surface area contributed by atoms with Crippen LogP contribution in [0.25, 0.3) is 27.6 Å². The minimum atomic E-state index is -0.575. The van der Waals surface area contributed by atoms with Gasteiger partial charge in [0.15, 0.2) is 0 Å². The topological polar surface area (TPSA) is 63.6 Å². The summed E-state index contributed by atoms with van der Waals surface area (Å²) in [4.78, 5) is 17.6. The number of fused-ring (bicyclic) bond motifs is 3. The lowest BCUT2D eigenvalue weighted by atomic mass is 9.86. The van der Waals surface area contributed by atoms with Crippen LogP contribution in [-0.4, -0.2) is 14.1 Å². The number of aromatic nitrogens is 3. The molecule has 0 amide bonds. The van der Waals surface area contributed by atoms with E-state index in [1.54, 1.807) is 22.4 Å². The summed E-state index contributed by atoms with van der Waals surface area (Å²) < 4.78 is 3.37. The van der Waals surface area contributed by atoms with Crippen LogP contribution in [0.4, 0.5) is 0 Å². The van der Waals surface area contributed by atoms with Crippen LogP contribution in [0.5, 0.6) is 0 Å². The second kappa shape index (κ2) is 6.35. The first-order valence-corrected chi connectivity index (χ1v) is 9.38. The maximum absolute atomic E-state index is 13.1. The zero-order chi connectivity index (χ0) is 20.1. The summed E-state index contributed by atoms with van der Waals surface area (Å²) in [6.45, 7) is 5.89. The number of imidazole rings is 1. The number of aryl methyl sites for hydroxylation is 2. The Balaban J connectivity index is 2.04. The molecule has 0 saturated carbocycles. The van der Waals surface area contributed by atoms with E-state index in [1.807, 2.05) is 44.2 Å². The predicted octanol–water partition coefficient (Wildman–Crippen LogP) is 4.24. The Morgan fingerprint density at radius 2 is 1.86 bits per heavy atom. The summed E-state index contributed by atoms with van der Waals surface area (Å²) in [5, 5.41) is 10.3. The molecule has 0 aliphatic carbocycles. The predicted molar refractivity (Wildman–Crippen MR) is 112 cm³/mol. The molecule has 0 N–H and O–H groups in total. The van der Waals surface area contributed by atoms with Crippen molar-refractivity contribution in [2.75, 3.05) is 0 Å². The van der Waals surface area contributed by atoms with Crippen LogP contribution in [0, 0.1) is 11.3 Å². The Labute approximate surface area is 163 Å². The fourth-order valence-corrected chi connectivity index (χ4v) is 3.60. The van der Waals surface area contributed by atoms with Gasteiger partial charge in [-0.1, -0.05) is 25.1 Å². The Kier molecular flexibility index (Phi) is 4.08. The molecular weight excluding hydrogens is 348 g/mol. The van der Waals surface area contributed by atoms with Gasteiger partial charge in [-0.05, 0) is 55.7 Å². The molecule has 0 atom stereocenters. The van der Waals surface area contributed by atoms with E-state index in [0.717, 1.165) is 39.6 Å². The van der Waals surface area contributed by atoms with E-state index in [0.29, 0.717) is 0 Å². The van der Waals surface area contributed by atoms with Gasteiger partial charge in [0.2, 0.25) is 0 Å². The molecule has 2 heterocycles. The van der Waals surface area contributed by atoms with Crippen molar-refractivity contribution in [2.24, 2.45) is 7.05 Å². The third kappa shape index (κ3) is 2.61. The summed E-state index contributed by atoms with van der Waals surface area (Å²) in [5.41, 5.74) is 4.75. The average molecular weight is 370 g/mol. The Morgan fingerprint density at radius 1 is 1.14 bits per heavy atom. The molecule has 5 nitrogen and oxygen atoms in total. The van der Waals surface area contributed by atoms with Crippen molar-refractivity contribution in [3.8, 4) is 11.8 Å². The van der Waals surface area contributed by atoms with E-state index in [9.17, 15) is 10.1 Å². The third-order valence-electron chi connectivity index (χ3n) is 5.48. The highest BCUT2D eigenvalue weighted by atomic mass is 16.1. The summed E-state index contributed by atoms with van der Waals surface area (Å²) >= 11 is 0. The van der Waals surface area contributed by atoms with Crippen molar-refractivity contribution < 1.29 is 0 Å². The molecule has 0 bridgehead atoms. The highest BCUT2D eigenvalue weighted by Gasteiger charge is 2.21. The van der Waals surface area contributed by atoms with Gasteiger partial charge in [-0.3, -0.25) is 14.1 Å². The summed E-state index contributed by atoms with van der Waals surface area (Å²) in [5.74, 6) is 0. The largest absolute Gasteiger partial charge is 0.333 e. The molecule has 0 fully saturated rings. The fraction of sp³-hybridized carbons (Fsp3) is 0.261. The number of hydrogen-bond donors (Lipinski definition) is 0. The Bertz CT molecular complexity index is 1300. The smallest absolute Gasteiger partial charge is 0.293 e. The van der Waals surface area contributed by atoms with Crippen LogP contribution in [0.1, 0.15) is 31.9 Å². The minimum Gasteiger partial charge on any atom is -0.293 e. The van der Waals surface area contributed by atoms with Gasteiger partial charge < -0.3 is 0 Å². The molecule has 28 heavy (non-hydrogen) atoms. The maximum Gasteiger partial charge on any atom is 0.333 e. The monoisotopic (exact) mass is 370 g/mol.